The molecule has 0 bridgehead atoms. The average Bonchev–Trinajstić information content (AvgIpc) is 3.02. The molecule has 0 aromatic carbocycles. The largest absolute Gasteiger partial charge is 0.465 e. The van der Waals surface area contributed by atoms with Gasteiger partial charge in [0.1, 0.15) is 6.04 Å². The van der Waals surface area contributed by atoms with Crippen LogP contribution in [0, 0.1) is 6.92 Å². The van der Waals surface area contributed by atoms with Crippen LogP contribution in [0.5, 0.6) is 0 Å². The molecule has 1 aromatic heterocycles. The van der Waals surface area contributed by atoms with Gasteiger partial charge in [0.2, 0.25) is 0 Å². The smallest absolute Gasteiger partial charge is 0.325 e. The number of ether oxygens (including phenoxy) is 1. The summed E-state index contributed by atoms with van der Waals surface area (Å²) in [6, 6.07) is 2.11. The first kappa shape index (κ1) is 12.1. The quantitative estimate of drug-likeness (QED) is 0.746. The number of aromatic nitrogens is 2. The lowest BCUT2D eigenvalue weighted by Crippen LogP contribution is -2.43. The number of rotatable bonds is 6. The van der Waals surface area contributed by atoms with E-state index in [1.807, 2.05) is 24.6 Å². The van der Waals surface area contributed by atoms with E-state index in [1.165, 1.54) is 0 Å². The van der Waals surface area contributed by atoms with Crippen molar-refractivity contribution in [2.24, 2.45) is 0 Å². The van der Waals surface area contributed by atoms with Gasteiger partial charge in [-0.3, -0.25) is 9.48 Å². The molecule has 1 saturated carbocycles. The van der Waals surface area contributed by atoms with Crippen molar-refractivity contribution in [1.29, 1.82) is 0 Å². The molecule has 5 heteroatoms. The van der Waals surface area contributed by atoms with E-state index in [1.54, 1.807) is 6.20 Å². The molecule has 0 aliphatic heterocycles. The van der Waals surface area contributed by atoms with E-state index in [4.69, 9.17) is 4.74 Å². The van der Waals surface area contributed by atoms with Crippen molar-refractivity contribution in [3.8, 4) is 0 Å². The number of carbonyl (C=O) groups is 1. The predicted molar refractivity (Wildman–Crippen MR) is 63.5 cm³/mol. The van der Waals surface area contributed by atoms with E-state index < -0.39 is 0 Å². The number of carbonyl (C=O) groups excluding carboxylic acids is 1. The lowest BCUT2D eigenvalue weighted by molar-refractivity contribution is -0.146. The van der Waals surface area contributed by atoms with Crippen LogP contribution in [0.1, 0.15) is 25.5 Å². The molecule has 0 spiro atoms. The van der Waals surface area contributed by atoms with Crippen LogP contribution >= 0.6 is 0 Å². The molecule has 1 heterocycles. The Bertz CT molecular complexity index is 385. The van der Waals surface area contributed by atoms with Crippen molar-refractivity contribution in [3.05, 3.63) is 18.0 Å². The van der Waals surface area contributed by atoms with Crippen LogP contribution in [-0.4, -0.2) is 34.4 Å². The van der Waals surface area contributed by atoms with Gasteiger partial charge in [-0.2, -0.15) is 5.10 Å². The fraction of sp³-hybridized carbons (Fsp3) is 0.667. The van der Waals surface area contributed by atoms with Crippen LogP contribution < -0.4 is 5.32 Å². The number of nitrogens with one attached hydrogen (secondary N) is 1. The molecule has 0 radical (unpaired) electrons. The molecule has 0 saturated heterocycles. The molecule has 1 N–H and O–H groups in total. The van der Waals surface area contributed by atoms with Gasteiger partial charge in [-0.1, -0.05) is 0 Å². The monoisotopic (exact) mass is 237 g/mol. The Labute approximate surface area is 101 Å². The number of esters is 1. The van der Waals surface area contributed by atoms with Crippen LogP contribution in [-0.2, 0) is 16.1 Å². The van der Waals surface area contributed by atoms with E-state index in [2.05, 4.69) is 10.4 Å². The molecule has 1 unspecified atom stereocenters. The second-order valence-corrected chi connectivity index (χ2v) is 4.40. The average molecular weight is 237 g/mol. The second-order valence-electron chi connectivity index (χ2n) is 4.40. The zero-order chi connectivity index (χ0) is 12.3. The Morgan fingerprint density at radius 2 is 2.47 bits per heavy atom. The highest BCUT2D eigenvalue weighted by Crippen LogP contribution is 2.20. The molecule has 0 amide bonds. The fourth-order valence-corrected chi connectivity index (χ4v) is 1.74. The van der Waals surface area contributed by atoms with E-state index >= 15 is 0 Å². The molecule has 1 atom stereocenters. The molecule has 1 aromatic rings. The molecule has 2 rings (SSSR count). The Balaban J connectivity index is 1.99. The van der Waals surface area contributed by atoms with Crippen molar-refractivity contribution >= 4 is 5.97 Å². The van der Waals surface area contributed by atoms with Gasteiger partial charge in [0.15, 0.2) is 0 Å². The number of hydrogen-bond acceptors (Lipinski definition) is 4. The van der Waals surface area contributed by atoms with Gasteiger partial charge >= 0.3 is 5.97 Å². The lowest BCUT2D eigenvalue weighted by Gasteiger charge is -2.17. The Morgan fingerprint density at radius 1 is 1.71 bits per heavy atom. The molecule has 17 heavy (non-hydrogen) atoms. The minimum Gasteiger partial charge on any atom is -0.465 e. The normalized spacial score (nSPS) is 16.8. The second kappa shape index (κ2) is 5.31. The summed E-state index contributed by atoms with van der Waals surface area (Å²) in [5.74, 6) is -0.186. The first-order valence-electron chi connectivity index (χ1n) is 6.11. The number of nitrogens with zero attached hydrogens (tertiary/aromatic N) is 2. The topological polar surface area (TPSA) is 56.2 Å². The predicted octanol–water partition coefficient (Wildman–Crippen LogP) is 0.875. The summed E-state index contributed by atoms with van der Waals surface area (Å²) in [7, 11) is 0. The van der Waals surface area contributed by atoms with Crippen LogP contribution in [0.25, 0.3) is 0 Å². The molecule has 1 fully saturated rings. The zero-order valence-electron chi connectivity index (χ0n) is 10.3. The van der Waals surface area contributed by atoms with E-state index in [9.17, 15) is 4.79 Å². The first-order chi connectivity index (χ1) is 8.20. The summed E-state index contributed by atoms with van der Waals surface area (Å²) < 4.78 is 6.91. The SMILES string of the molecule is CCOC(=O)C(Cn1nccc1C)NC1CC1. The highest BCUT2D eigenvalue weighted by molar-refractivity contribution is 5.75. The van der Waals surface area contributed by atoms with E-state index in [0.29, 0.717) is 19.2 Å². The van der Waals surface area contributed by atoms with Crippen LogP contribution in [0.2, 0.25) is 0 Å². The van der Waals surface area contributed by atoms with Crippen molar-refractivity contribution < 1.29 is 9.53 Å². The van der Waals surface area contributed by atoms with E-state index in [-0.39, 0.29) is 12.0 Å². The standard InChI is InChI=1S/C12H19N3O2/c1-3-17-12(16)11(14-10-4-5-10)8-15-9(2)6-7-13-15/h6-7,10-11,14H,3-5,8H2,1-2H3. The first-order valence-corrected chi connectivity index (χ1v) is 6.11. The summed E-state index contributed by atoms with van der Waals surface area (Å²) >= 11 is 0. The van der Waals surface area contributed by atoms with Gasteiger partial charge < -0.3 is 10.1 Å². The van der Waals surface area contributed by atoms with E-state index in [0.717, 1.165) is 18.5 Å². The highest BCUT2D eigenvalue weighted by atomic mass is 16.5. The van der Waals surface area contributed by atoms with Gasteiger partial charge in [0.25, 0.3) is 0 Å². The van der Waals surface area contributed by atoms with Crippen molar-refractivity contribution in [2.45, 2.75) is 45.3 Å². The molecule has 1 aliphatic carbocycles. The van der Waals surface area contributed by atoms with Gasteiger partial charge in [-0.25, -0.2) is 0 Å². The summed E-state index contributed by atoms with van der Waals surface area (Å²) in [5, 5.41) is 7.50. The maximum Gasteiger partial charge on any atom is 0.325 e. The number of aryl methyl sites for hydroxylation is 1. The maximum absolute atomic E-state index is 11.8. The van der Waals surface area contributed by atoms with Crippen LogP contribution in [0.4, 0.5) is 0 Å². The third-order valence-electron chi connectivity index (χ3n) is 2.87. The molecular weight excluding hydrogens is 218 g/mol. The highest BCUT2D eigenvalue weighted by Gasteiger charge is 2.29. The van der Waals surface area contributed by atoms with Crippen LogP contribution in [0.15, 0.2) is 12.3 Å². The summed E-state index contributed by atoms with van der Waals surface area (Å²) in [6.07, 6.45) is 4.04. The van der Waals surface area contributed by atoms with Gasteiger partial charge in [0.05, 0.1) is 13.2 Å². The van der Waals surface area contributed by atoms with Crippen molar-refractivity contribution in [2.75, 3.05) is 6.61 Å². The Kier molecular flexibility index (Phi) is 3.78. The van der Waals surface area contributed by atoms with Crippen molar-refractivity contribution in [3.63, 3.8) is 0 Å². The van der Waals surface area contributed by atoms with Crippen molar-refractivity contribution in [1.82, 2.24) is 15.1 Å². The zero-order valence-corrected chi connectivity index (χ0v) is 10.3. The van der Waals surface area contributed by atoms with Gasteiger partial charge in [0, 0.05) is 17.9 Å². The van der Waals surface area contributed by atoms with Gasteiger partial charge in [-0.15, -0.1) is 0 Å². The lowest BCUT2D eigenvalue weighted by atomic mass is 10.3. The summed E-state index contributed by atoms with van der Waals surface area (Å²) in [6.45, 7) is 4.76. The Hall–Kier alpha value is -1.36. The minimum absolute atomic E-state index is 0.186. The summed E-state index contributed by atoms with van der Waals surface area (Å²) in [4.78, 5) is 11.8. The number of hydrogen-bond donors (Lipinski definition) is 1. The maximum atomic E-state index is 11.8. The van der Waals surface area contributed by atoms with Gasteiger partial charge in [-0.05, 0) is 32.8 Å². The molecule has 5 nitrogen and oxygen atoms in total. The fourth-order valence-electron chi connectivity index (χ4n) is 1.74. The molecule has 94 valence electrons. The summed E-state index contributed by atoms with van der Waals surface area (Å²) in [5.41, 5.74) is 1.05. The minimum atomic E-state index is -0.291. The molecular formula is C12H19N3O2. The third-order valence-corrected chi connectivity index (χ3v) is 2.87. The molecule has 1 aliphatic rings. The Morgan fingerprint density at radius 3 is 3.00 bits per heavy atom. The third kappa shape index (κ3) is 3.30. The van der Waals surface area contributed by atoms with Crippen LogP contribution in [0.3, 0.4) is 0 Å².